The molecule has 0 saturated heterocycles. The molecule has 0 rings (SSSR count). The summed E-state index contributed by atoms with van der Waals surface area (Å²) in [5.74, 6) is -0.309. The highest BCUT2D eigenvalue weighted by atomic mass is 16.1. The van der Waals surface area contributed by atoms with Gasteiger partial charge in [-0.05, 0) is 26.4 Å². The molecule has 0 aliphatic heterocycles. The van der Waals surface area contributed by atoms with Crippen LogP contribution in [0.2, 0.25) is 0 Å². The third kappa shape index (κ3) is 5.13. The van der Waals surface area contributed by atoms with Crippen LogP contribution < -0.4 is 5.32 Å². The molecule has 0 radical (unpaired) electrons. The summed E-state index contributed by atoms with van der Waals surface area (Å²) >= 11 is 0. The van der Waals surface area contributed by atoms with Crippen LogP contribution in [0, 0.1) is 23.2 Å². The number of nitrogens with one attached hydrogen (secondary N) is 1. The fraction of sp³-hybridized carbons (Fsp3) is 0.833. The van der Waals surface area contributed by atoms with Gasteiger partial charge in [0, 0.05) is 12.6 Å². The number of amides is 1. The van der Waals surface area contributed by atoms with Crippen LogP contribution in [0.25, 0.3) is 0 Å². The van der Waals surface area contributed by atoms with Crippen molar-refractivity contribution in [3.63, 3.8) is 0 Å². The summed E-state index contributed by atoms with van der Waals surface area (Å²) in [6.45, 7) is 6.79. The molecule has 0 saturated carbocycles. The van der Waals surface area contributed by atoms with E-state index in [2.05, 4.69) is 19.2 Å². The summed E-state index contributed by atoms with van der Waals surface area (Å²) in [7, 11) is 3.95. The molecule has 0 fully saturated rings. The Morgan fingerprint density at radius 3 is 2.31 bits per heavy atom. The van der Waals surface area contributed by atoms with Crippen molar-refractivity contribution in [2.24, 2.45) is 11.8 Å². The minimum Gasteiger partial charge on any atom is -0.351 e. The SMILES string of the molecule is CCC(C#N)C(=O)NC(CN(C)C)C(C)C. The van der Waals surface area contributed by atoms with Crippen LogP contribution in [0.5, 0.6) is 0 Å². The Kier molecular flexibility index (Phi) is 6.75. The maximum atomic E-state index is 11.7. The minimum absolute atomic E-state index is 0.102. The number of nitriles is 1. The van der Waals surface area contributed by atoms with Crippen molar-refractivity contribution in [2.75, 3.05) is 20.6 Å². The van der Waals surface area contributed by atoms with E-state index in [-0.39, 0.29) is 11.9 Å². The van der Waals surface area contributed by atoms with E-state index in [1.807, 2.05) is 32.0 Å². The van der Waals surface area contributed by atoms with Crippen molar-refractivity contribution in [2.45, 2.75) is 33.2 Å². The van der Waals surface area contributed by atoms with Gasteiger partial charge in [0.15, 0.2) is 0 Å². The zero-order valence-electron chi connectivity index (χ0n) is 10.9. The van der Waals surface area contributed by atoms with Crippen molar-refractivity contribution in [3.8, 4) is 6.07 Å². The molecule has 2 atom stereocenters. The average molecular weight is 225 g/mol. The van der Waals surface area contributed by atoms with Crippen LogP contribution in [0.4, 0.5) is 0 Å². The van der Waals surface area contributed by atoms with Crippen LogP contribution >= 0.6 is 0 Å². The fourth-order valence-electron chi connectivity index (χ4n) is 1.44. The van der Waals surface area contributed by atoms with E-state index in [1.54, 1.807) is 0 Å². The first-order valence-corrected chi connectivity index (χ1v) is 5.77. The Morgan fingerprint density at radius 1 is 1.44 bits per heavy atom. The van der Waals surface area contributed by atoms with Crippen LogP contribution in [-0.2, 0) is 4.79 Å². The zero-order valence-corrected chi connectivity index (χ0v) is 10.9. The van der Waals surface area contributed by atoms with Gasteiger partial charge in [0.2, 0.25) is 5.91 Å². The molecule has 0 aliphatic rings. The number of hydrogen-bond acceptors (Lipinski definition) is 3. The summed E-state index contributed by atoms with van der Waals surface area (Å²) in [6, 6.07) is 2.13. The molecular weight excluding hydrogens is 202 g/mol. The molecule has 0 aliphatic carbocycles. The van der Waals surface area contributed by atoms with Crippen LogP contribution in [0.15, 0.2) is 0 Å². The topological polar surface area (TPSA) is 56.1 Å². The maximum Gasteiger partial charge on any atom is 0.237 e. The first-order valence-electron chi connectivity index (χ1n) is 5.77. The number of nitrogens with zero attached hydrogens (tertiary/aromatic N) is 2. The lowest BCUT2D eigenvalue weighted by molar-refractivity contribution is -0.124. The number of rotatable bonds is 6. The second kappa shape index (κ2) is 7.24. The van der Waals surface area contributed by atoms with Gasteiger partial charge in [-0.1, -0.05) is 20.8 Å². The molecule has 0 bridgehead atoms. The Bertz CT molecular complexity index is 255. The molecule has 16 heavy (non-hydrogen) atoms. The van der Waals surface area contributed by atoms with Crippen molar-refractivity contribution < 1.29 is 4.79 Å². The Morgan fingerprint density at radius 2 is 2.00 bits per heavy atom. The van der Waals surface area contributed by atoms with E-state index in [0.717, 1.165) is 6.54 Å². The molecular formula is C12H23N3O. The smallest absolute Gasteiger partial charge is 0.237 e. The molecule has 0 aromatic heterocycles. The van der Waals surface area contributed by atoms with Gasteiger partial charge in [-0.15, -0.1) is 0 Å². The fourth-order valence-corrected chi connectivity index (χ4v) is 1.44. The molecule has 4 nitrogen and oxygen atoms in total. The van der Waals surface area contributed by atoms with Gasteiger partial charge in [0.25, 0.3) is 0 Å². The highest BCUT2D eigenvalue weighted by Gasteiger charge is 2.21. The number of likely N-dealkylation sites (N-methyl/N-ethyl adjacent to an activating group) is 1. The van der Waals surface area contributed by atoms with Crippen molar-refractivity contribution in [3.05, 3.63) is 0 Å². The molecule has 1 N–H and O–H groups in total. The standard InChI is InChI=1S/C12H23N3O/c1-6-10(7-13)12(16)14-11(9(2)3)8-15(4)5/h9-11H,6,8H2,1-5H3,(H,14,16). The minimum atomic E-state index is -0.525. The lowest BCUT2D eigenvalue weighted by atomic mass is 10.0. The maximum absolute atomic E-state index is 11.7. The van der Waals surface area contributed by atoms with Gasteiger partial charge < -0.3 is 10.2 Å². The predicted octanol–water partition coefficient (Wildman–Crippen LogP) is 1.24. The molecule has 0 aromatic carbocycles. The van der Waals surface area contributed by atoms with E-state index >= 15 is 0 Å². The molecule has 0 aromatic rings. The van der Waals surface area contributed by atoms with E-state index < -0.39 is 5.92 Å². The third-order valence-electron chi connectivity index (χ3n) is 2.57. The number of carbonyl (C=O) groups is 1. The monoisotopic (exact) mass is 225 g/mol. The second-order valence-corrected chi connectivity index (χ2v) is 4.71. The number of carbonyl (C=O) groups excluding carboxylic acids is 1. The largest absolute Gasteiger partial charge is 0.351 e. The average Bonchev–Trinajstić information content (AvgIpc) is 2.17. The Hall–Kier alpha value is -1.08. The van der Waals surface area contributed by atoms with Crippen LogP contribution in [0.1, 0.15) is 27.2 Å². The highest BCUT2D eigenvalue weighted by Crippen LogP contribution is 2.06. The lowest BCUT2D eigenvalue weighted by Crippen LogP contribution is -2.46. The van der Waals surface area contributed by atoms with Crippen molar-refractivity contribution >= 4 is 5.91 Å². The highest BCUT2D eigenvalue weighted by molar-refractivity contribution is 5.81. The van der Waals surface area contributed by atoms with Gasteiger partial charge in [0.1, 0.15) is 5.92 Å². The summed E-state index contributed by atoms with van der Waals surface area (Å²) in [5.41, 5.74) is 0. The van der Waals surface area contributed by atoms with Gasteiger partial charge in [0.05, 0.1) is 6.07 Å². The lowest BCUT2D eigenvalue weighted by Gasteiger charge is -2.26. The van der Waals surface area contributed by atoms with Crippen LogP contribution in [-0.4, -0.2) is 37.5 Å². The molecule has 92 valence electrons. The van der Waals surface area contributed by atoms with Gasteiger partial charge in [-0.2, -0.15) is 5.26 Å². The summed E-state index contributed by atoms with van der Waals surface area (Å²) in [6.07, 6.45) is 0.565. The Balaban J connectivity index is 4.40. The molecule has 4 heteroatoms. The normalized spacial score (nSPS) is 14.6. The molecule has 0 heterocycles. The summed E-state index contributed by atoms with van der Waals surface area (Å²) in [5, 5.41) is 11.8. The second-order valence-electron chi connectivity index (χ2n) is 4.71. The van der Waals surface area contributed by atoms with Gasteiger partial charge >= 0.3 is 0 Å². The first kappa shape index (κ1) is 14.9. The van der Waals surface area contributed by atoms with Crippen molar-refractivity contribution in [1.29, 1.82) is 5.26 Å². The van der Waals surface area contributed by atoms with E-state index in [1.165, 1.54) is 0 Å². The summed E-state index contributed by atoms with van der Waals surface area (Å²) in [4.78, 5) is 13.8. The van der Waals surface area contributed by atoms with Crippen molar-refractivity contribution in [1.82, 2.24) is 10.2 Å². The van der Waals surface area contributed by atoms with Gasteiger partial charge in [-0.3, -0.25) is 4.79 Å². The number of hydrogen-bond donors (Lipinski definition) is 1. The molecule has 1 amide bonds. The first-order chi connectivity index (χ1) is 7.42. The van der Waals surface area contributed by atoms with E-state index in [9.17, 15) is 4.79 Å². The van der Waals surface area contributed by atoms with Gasteiger partial charge in [-0.25, -0.2) is 0 Å². The van der Waals surface area contributed by atoms with E-state index in [0.29, 0.717) is 12.3 Å². The quantitative estimate of drug-likeness (QED) is 0.740. The van der Waals surface area contributed by atoms with Crippen LogP contribution in [0.3, 0.4) is 0 Å². The molecule has 2 unspecified atom stereocenters. The zero-order chi connectivity index (χ0) is 12.7. The van der Waals surface area contributed by atoms with E-state index in [4.69, 9.17) is 5.26 Å². The Labute approximate surface area is 98.6 Å². The third-order valence-corrected chi connectivity index (χ3v) is 2.57. The molecule has 0 spiro atoms. The predicted molar refractivity (Wildman–Crippen MR) is 64.7 cm³/mol. The summed E-state index contributed by atoms with van der Waals surface area (Å²) < 4.78 is 0.